The first-order valence-corrected chi connectivity index (χ1v) is 13.0. The number of hydrogen-bond acceptors (Lipinski definition) is 4. The number of hydrogen-bond donors (Lipinski definition) is 1. The lowest BCUT2D eigenvalue weighted by Gasteiger charge is -2.36. The molecular weight excluding hydrogens is 483 g/mol. The van der Waals surface area contributed by atoms with E-state index in [4.69, 9.17) is 0 Å². The average Bonchev–Trinajstić information content (AvgIpc) is 2.98. The van der Waals surface area contributed by atoms with Gasteiger partial charge in [-0.05, 0) is 61.4 Å². The van der Waals surface area contributed by atoms with Gasteiger partial charge in [-0.2, -0.15) is 0 Å². The third-order valence-electron chi connectivity index (χ3n) is 7.35. The van der Waals surface area contributed by atoms with Gasteiger partial charge in [-0.3, -0.25) is 14.4 Å². The van der Waals surface area contributed by atoms with Gasteiger partial charge in [0.15, 0.2) is 0 Å². The Labute approximate surface area is 221 Å². The fourth-order valence-electron chi connectivity index (χ4n) is 5.11. The summed E-state index contributed by atoms with van der Waals surface area (Å²) in [5.41, 5.74) is 2.58. The highest BCUT2D eigenvalue weighted by Crippen LogP contribution is 2.24. The molecule has 196 valence electrons. The zero-order valence-corrected chi connectivity index (χ0v) is 21.2. The zero-order valence-electron chi connectivity index (χ0n) is 21.2. The quantitative estimate of drug-likeness (QED) is 0.552. The Balaban J connectivity index is 1.17. The molecule has 7 nitrogen and oxygen atoms in total. The average molecular weight is 515 g/mol. The number of halogens is 1. The molecule has 3 amide bonds. The van der Waals surface area contributed by atoms with Gasteiger partial charge < -0.3 is 20.0 Å². The first-order chi connectivity index (χ1) is 18.5. The maximum Gasteiger partial charge on any atom is 0.256 e. The molecule has 0 unspecified atom stereocenters. The Kier molecular flexibility index (Phi) is 7.67. The van der Waals surface area contributed by atoms with Gasteiger partial charge in [-0.1, -0.05) is 30.3 Å². The van der Waals surface area contributed by atoms with E-state index in [1.165, 1.54) is 24.3 Å². The van der Waals surface area contributed by atoms with Crippen molar-refractivity contribution in [3.63, 3.8) is 0 Å². The number of benzene rings is 3. The Hall–Kier alpha value is -4.20. The molecule has 5 rings (SSSR count). The van der Waals surface area contributed by atoms with Crippen LogP contribution >= 0.6 is 0 Å². The minimum absolute atomic E-state index is 0.0895. The number of likely N-dealkylation sites (tertiary alicyclic amines) is 1. The summed E-state index contributed by atoms with van der Waals surface area (Å²) < 4.78 is 13.2. The Morgan fingerprint density at radius 1 is 0.684 bits per heavy atom. The number of piperidine rings is 1. The van der Waals surface area contributed by atoms with Gasteiger partial charge in [0.2, 0.25) is 5.91 Å². The van der Waals surface area contributed by atoms with Crippen LogP contribution in [-0.4, -0.2) is 66.8 Å². The van der Waals surface area contributed by atoms with Crippen LogP contribution in [0.25, 0.3) is 0 Å². The van der Waals surface area contributed by atoms with Gasteiger partial charge in [-0.15, -0.1) is 0 Å². The molecule has 0 aromatic heterocycles. The summed E-state index contributed by atoms with van der Waals surface area (Å²) >= 11 is 0. The van der Waals surface area contributed by atoms with E-state index in [9.17, 15) is 18.8 Å². The lowest BCUT2D eigenvalue weighted by Crippen LogP contribution is -2.49. The van der Waals surface area contributed by atoms with Crippen LogP contribution in [-0.2, 0) is 4.79 Å². The molecule has 38 heavy (non-hydrogen) atoms. The second-order valence-corrected chi connectivity index (χ2v) is 9.72. The lowest BCUT2D eigenvalue weighted by atomic mass is 9.95. The van der Waals surface area contributed by atoms with Gasteiger partial charge in [0.05, 0.1) is 11.3 Å². The number of para-hydroxylation sites is 2. The standard InChI is InChI=1S/C30H31FN4O3/c31-24-12-10-23(11-13-24)29(37)34-16-14-22(15-17-34)28(36)32-27-9-5-4-8-26(27)30(38)35-20-18-33(19-21-35)25-6-2-1-3-7-25/h1-13,22H,14-21H2,(H,32,36). The van der Waals surface area contributed by atoms with Crippen LogP contribution in [0.2, 0.25) is 0 Å². The molecule has 0 bridgehead atoms. The molecule has 3 aromatic carbocycles. The summed E-state index contributed by atoms with van der Waals surface area (Å²) in [6.07, 6.45) is 1.05. The molecule has 0 spiro atoms. The normalized spacial score (nSPS) is 16.3. The van der Waals surface area contributed by atoms with Crippen molar-refractivity contribution in [1.82, 2.24) is 9.80 Å². The summed E-state index contributed by atoms with van der Waals surface area (Å²) in [5, 5.41) is 2.97. The van der Waals surface area contributed by atoms with Crippen LogP contribution in [0.5, 0.6) is 0 Å². The van der Waals surface area contributed by atoms with Crippen molar-refractivity contribution in [2.75, 3.05) is 49.5 Å². The van der Waals surface area contributed by atoms with Crippen LogP contribution < -0.4 is 10.2 Å². The molecule has 0 radical (unpaired) electrons. The zero-order chi connectivity index (χ0) is 26.5. The number of nitrogens with one attached hydrogen (secondary N) is 1. The number of nitrogens with zero attached hydrogens (tertiary/aromatic N) is 3. The Morgan fingerprint density at radius 3 is 1.97 bits per heavy atom. The topological polar surface area (TPSA) is 73.0 Å². The summed E-state index contributed by atoms with van der Waals surface area (Å²) in [7, 11) is 0. The fourth-order valence-corrected chi connectivity index (χ4v) is 5.11. The van der Waals surface area contributed by atoms with E-state index in [1.807, 2.05) is 35.2 Å². The van der Waals surface area contributed by atoms with Crippen molar-refractivity contribution in [3.8, 4) is 0 Å². The van der Waals surface area contributed by atoms with Gasteiger partial charge in [0, 0.05) is 56.4 Å². The molecular formula is C30H31FN4O3. The highest BCUT2D eigenvalue weighted by atomic mass is 19.1. The van der Waals surface area contributed by atoms with Crippen molar-refractivity contribution in [2.45, 2.75) is 12.8 Å². The summed E-state index contributed by atoms with van der Waals surface area (Å²) in [6.45, 7) is 3.60. The summed E-state index contributed by atoms with van der Waals surface area (Å²) in [5.74, 6) is -1.04. The van der Waals surface area contributed by atoms with E-state index in [0.29, 0.717) is 55.8 Å². The fraction of sp³-hybridized carbons (Fsp3) is 0.300. The second-order valence-electron chi connectivity index (χ2n) is 9.72. The van der Waals surface area contributed by atoms with E-state index in [1.54, 1.807) is 17.0 Å². The van der Waals surface area contributed by atoms with E-state index in [-0.39, 0.29) is 29.5 Å². The summed E-state index contributed by atoms with van der Waals surface area (Å²) in [4.78, 5) is 45.0. The largest absolute Gasteiger partial charge is 0.368 e. The van der Waals surface area contributed by atoms with E-state index >= 15 is 0 Å². The molecule has 2 fully saturated rings. The molecule has 0 aliphatic carbocycles. The van der Waals surface area contributed by atoms with Crippen LogP contribution in [0, 0.1) is 11.7 Å². The monoisotopic (exact) mass is 514 g/mol. The van der Waals surface area contributed by atoms with Crippen LogP contribution in [0.15, 0.2) is 78.9 Å². The minimum Gasteiger partial charge on any atom is -0.368 e. The predicted octanol–water partition coefficient (Wildman–Crippen LogP) is 4.28. The van der Waals surface area contributed by atoms with Gasteiger partial charge in [0.1, 0.15) is 5.82 Å². The molecule has 2 aliphatic rings. The van der Waals surface area contributed by atoms with Crippen molar-refractivity contribution in [2.24, 2.45) is 5.92 Å². The van der Waals surface area contributed by atoms with Crippen molar-refractivity contribution >= 4 is 29.1 Å². The number of amides is 3. The molecule has 2 saturated heterocycles. The number of carbonyl (C=O) groups excluding carboxylic acids is 3. The molecule has 1 N–H and O–H groups in total. The maximum absolute atomic E-state index is 13.4. The van der Waals surface area contributed by atoms with Crippen LogP contribution in [0.1, 0.15) is 33.6 Å². The van der Waals surface area contributed by atoms with Crippen molar-refractivity contribution < 1.29 is 18.8 Å². The van der Waals surface area contributed by atoms with E-state index in [2.05, 4.69) is 22.3 Å². The number of anilines is 2. The van der Waals surface area contributed by atoms with Gasteiger partial charge >= 0.3 is 0 Å². The van der Waals surface area contributed by atoms with E-state index < -0.39 is 0 Å². The minimum atomic E-state index is -0.384. The highest BCUT2D eigenvalue weighted by molar-refractivity contribution is 6.04. The maximum atomic E-state index is 13.4. The van der Waals surface area contributed by atoms with Crippen molar-refractivity contribution in [3.05, 3.63) is 95.8 Å². The predicted molar refractivity (Wildman–Crippen MR) is 145 cm³/mol. The second kappa shape index (κ2) is 11.5. The summed E-state index contributed by atoms with van der Waals surface area (Å²) in [6, 6.07) is 22.8. The molecule has 2 aliphatic heterocycles. The first kappa shape index (κ1) is 25.4. The Bertz CT molecular complexity index is 1280. The SMILES string of the molecule is O=C(Nc1ccccc1C(=O)N1CCN(c2ccccc2)CC1)C1CCN(C(=O)c2ccc(F)cc2)CC1. The number of piperazine rings is 1. The van der Waals surface area contributed by atoms with Gasteiger partial charge in [-0.25, -0.2) is 4.39 Å². The third-order valence-corrected chi connectivity index (χ3v) is 7.35. The lowest BCUT2D eigenvalue weighted by molar-refractivity contribution is -0.121. The molecule has 0 atom stereocenters. The van der Waals surface area contributed by atoms with Crippen molar-refractivity contribution in [1.29, 1.82) is 0 Å². The molecule has 8 heteroatoms. The molecule has 0 saturated carbocycles. The Morgan fingerprint density at radius 2 is 1.29 bits per heavy atom. The molecule has 3 aromatic rings. The molecule has 2 heterocycles. The number of carbonyl (C=O) groups is 3. The first-order valence-electron chi connectivity index (χ1n) is 13.0. The third kappa shape index (κ3) is 5.69. The number of rotatable bonds is 5. The smallest absolute Gasteiger partial charge is 0.256 e. The van der Waals surface area contributed by atoms with E-state index in [0.717, 1.165) is 18.8 Å². The highest BCUT2D eigenvalue weighted by Gasteiger charge is 2.29. The van der Waals surface area contributed by atoms with Crippen LogP contribution in [0.3, 0.4) is 0 Å². The van der Waals surface area contributed by atoms with Gasteiger partial charge in [0.25, 0.3) is 11.8 Å². The van der Waals surface area contributed by atoms with Crippen LogP contribution in [0.4, 0.5) is 15.8 Å².